The highest BCUT2D eigenvalue weighted by Crippen LogP contribution is 2.21. The molecule has 8 heteroatoms. The van der Waals surface area contributed by atoms with E-state index in [0.717, 1.165) is 0 Å². The lowest BCUT2D eigenvalue weighted by Crippen LogP contribution is -2.16. The Balaban J connectivity index is 2.14. The second kappa shape index (κ2) is 5.18. The summed E-state index contributed by atoms with van der Waals surface area (Å²) in [4.78, 5) is 20.4. The number of carbonyl (C=O) groups is 1. The number of halogens is 2. The van der Waals surface area contributed by atoms with Crippen molar-refractivity contribution in [2.75, 3.05) is 0 Å². The third kappa shape index (κ3) is 2.25. The van der Waals surface area contributed by atoms with Crippen molar-refractivity contribution >= 4 is 33.4 Å². The molecular formula is C12H7BrClN5O. The zero-order valence-corrected chi connectivity index (χ0v) is 12.3. The van der Waals surface area contributed by atoms with Crippen molar-refractivity contribution in [3.05, 3.63) is 58.4 Å². The van der Waals surface area contributed by atoms with Crippen molar-refractivity contribution in [3.8, 4) is 5.82 Å². The molecule has 3 aromatic rings. The van der Waals surface area contributed by atoms with E-state index in [1.54, 1.807) is 30.6 Å². The fourth-order valence-electron chi connectivity index (χ4n) is 1.71. The van der Waals surface area contributed by atoms with E-state index >= 15 is 0 Å². The smallest absolute Gasteiger partial charge is 0.271 e. The highest BCUT2D eigenvalue weighted by atomic mass is 79.9. The first-order valence-corrected chi connectivity index (χ1v) is 6.73. The summed E-state index contributed by atoms with van der Waals surface area (Å²) in [6.07, 6.45) is 6.10. The molecule has 0 saturated carbocycles. The molecule has 0 aliphatic rings. The molecule has 0 bridgehead atoms. The predicted octanol–water partition coefficient (Wildman–Crippen LogP) is 2.57. The van der Waals surface area contributed by atoms with Gasteiger partial charge >= 0.3 is 0 Å². The average Bonchev–Trinajstić information content (AvgIpc) is 3.08. The fraction of sp³-hybridized carbons (Fsp3) is 0. The Hall–Kier alpha value is -1.99. The maximum Gasteiger partial charge on any atom is 0.281 e. The molecular weight excluding hydrogens is 346 g/mol. The van der Waals surface area contributed by atoms with Crippen LogP contribution in [0.5, 0.6) is 0 Å². The summed E-state index contributed by atoms with van der Waals surface area (Å²) in [5, 5.41) is 4.61. The summed E-state index contributed by atoms with van der Waals surface area (Å²) in [5.41, 5.74) is 0.329. The van der Waals surface area contributed by atoms with Gasteiger partial charge in [0.25, 0.3) is 5.91 Å². The first-order chi connectivity index (χ1) is 9.66. The van der Waals surface area contributed by atoms with Crippen molar-refractivity contribution in [2.45, 2.75) is 0 Å². The van der Waals surface area contributed by atoms with Crippen LogP contribution in [-0.4, -0.2) is 30.2 Å². The molecule has 3 aromatic heterocycles. The predicted molar refractivity (Wildman–Crippen MR) is 76.0 cm³/mol. The number of hydrogen-bond donors (Lipinski definition) is 0. The van der Waals surface area contributed by atoms with Gasteiger partial charge in [0.2, 0.25) is 0 Å². The molecule has 0 spiro atoms. The Bertz CT molecular complexity index is 768. The van der Waals surface area contributed by atoms with Gasteiger partial charge in [0.15, 0.2) is 5.82 Å². The van der Waals surface area contributed by atoms with E-state index in [-0.39, 0.29) is 5.91 Å². The topological polar surface area (TPSA) is 65.6 Å². The first-order valence-electron chi connectivity index (χ1n) is 5.56. The van der Waals surface area contributed by atoms with Gasteiger partial charge in [-0.15, -0.1) is 0 Å². The van der Waals surface area contributed by atoms with E-state index in [0.29, 0.717) is 21.1 Å². The van der Waals surface area contributed by atoms with E-state index in [2.05, 4.69) is 31.0 Å². The normalized spacial score (nSPS) is 10.7. The number of aromatic nitrogens is 5. The summed E-state index contributed by atoms with van der Waals surface area (Å²) in [6.45, 7) is 0. The van der Waals surface area contributed by atoms with Crippen LogP contribution in [-0.2, 0) is 0 Å². The lowest BCUT2D eigenvalue weighted by Gasteiger charge is -2.07. The minimum absolute atomic E-state index is 0.276. The van der Waals surface area contributed by atoms with Gasteiger partial charge in [-0.2, -0.15) is 5.10 Å². The van der Waals surface area contributed by atoms with Crippen LogP contribution in [0.1, 0.15) is 10.5 Å². The van der Waals surface area contributed by atoms with Gasteiger partial charge in [-0.25, -0.2) is 14.6 Å². The summed E-state index contributed by atoms with van der Waals surface area (Å²) in [5.74, 6) is 0.116. The molecule has 0 radical (unpaired) electrons. The highest BCUT2D eigenvalue weighted by molar-refractivity contribution is 9.10. The largest absolute Gasteiger partial charge is 0.281 e. The molecule has 0 amide bonds. The van der Waals surface area contributed by atoms with Gasteiger partial charge in [-0.3, -0.25) is 9.36 Å². The van der Waals surface area contributed by atoms with Crippen LogP contribution in [0.4, 0.5) is 0 Å². The van der Waals surface area contributed by atoms with Gasteiger partial charge < -0.3 is 0 Å². The Labute approximate surface area is 127 Å². The zero-order valence-electron chi connectivity index (χ0n) is 9.94. The van der Waals surface area contributed by atoms with Crippen LogP contribution in [0.2, 0.25) is 5.02 Å². The first kappa shape index (κ1) is 13.0. The summed E-state index contributed by atoms with van der Waals surface area (Å²) in [6, 6.07) is 5.00. The Kier molecular flexibility index (Phi) is 3.37. The standard InChI is InChI=1S/C12H7BrClN5O/c13-10-6-9(12(20)18-5-4-15-7-18)19(17-10)11-8(14)2-1-3-16-11/h1-7H. The molecule has 0 unspecified atom stereocenters. The summed E-state index contributed by atoms with van der Waals surface area (Å²) >= 11 is 9.36. The molecule has 20 heavy (non-hydrogen) atoms. The molecule has 100 valence electrons. The quantitative estimate of drug-likeness (QED) is 0.711. The molecule has 3 rings (SSSR count). The van der Waals surface area contributed by atoms with E-state index in [1.165, 1.54) is 21.8 Å². The van der Waals surface area contributed by atoms with Crippen molar-refractivity contribution in [1.29, 1.82) is 0 Å². The minimum Gasteiger partial charge on any atom is -0.271 e. The number of hydrogen-bond acceptors (Lipinski definition) is 4. The van der Waals surface area contributed by atoms with E-state index < -0.39 is 0 Å². The number of carbonyl (C=O) groups excluding carboxylic acids is 1. The van der Waals surface area contributed by atoms with Crippen molar-refractivity contribution in [2.24, 2.45) is 0 Å². The second-order valence-electron chi connectivity index (χ2n) is 3.85. The monoisotopic (exact) mass is 351 g/mol. The minimum atomic E-state index is -0.276. The fourth-order valence-corrected chi connectivity index (χ4v) is 2.29. The van der Waals surface area contributed by atoms with Gasteiger partial charge in [-0.1, -0.05) is 11.6 Å². The molecule has 0 aromatic carbocycles. The molecule has 0 fully saturated rings. The van der Waals surface area contributed by atoms with E-state index in [4.69, 9.17) is 11.6 Å². The summed E-state index contributed by atoms with van der Waals surface area (Å²) < 4.78 is 3.27. The maximum atomic E-state index is 12.4. The van der Waals surface area contributed by atoms with Crippen molar-refractivity contribution in [1.82, 2.24) is 24.3 Å². The second-order valence-corrected chi connectivity index (χ2v) is 5.07. The number of pyridine rings is 1. The summed E-state index contributed by atoms with van der Waals surface area (Å²) in [7, 11) is 0. The van der Waals surface area contributed by atoms with E-state index in [1.807, 2.05) is 0 Å². The molecule has 6 nitrogen and oxygen atoms in total. The van der Waals surface area contributed by atoms with Crippen molar-refractivity contribution in [3.63, 3.8) is 0 Å². The lowest BCUT2D eigenvalue weighted by atomic mass is 10.4. The number of imidazole rings is 1. The molecule has 0 N–H and O–H groups in total. The SMILES string of the molecule is O=C(c1cc(Br)nn1-c1ncccc1Cl)n1ccnc1. The highest BCUT2D eigenvalue weighted by Gasteiger charge is 2.19. The van der Waals surface area contributed by atoms with Crippen LogP contribution in [0.3, 0.4) is 0 Å². The molecule has 3 heterocycles. The Morgan fingerprint density at radius 1 is 1.35 bits per heavy atom. The third-order valence-electron chi connectivity index (χ3n) is 2.58. The van der Waals surface area contributed by atoms with Crippen LogP contribution in [0.15, 0.2) is 47.7 Å². The van der Waals surface area contributed by atoms with Crippen LogP contribution < -0.4 is 0 Å². The number of nitrogens with zero attached hydrogens (tertiary/aromatic N) is 5. The number of rotatable bonds is 2. The molecule has 0 aliphatic carbocycles. The average molecular weight is 353 g/mol. The van der Waals surface area contributed by atoms with Crippen molar-refractivity contribution < 1.29 is 4.79 Å². The van der Waals surface area contributed by atoms with Gasteiger partial charge in [0.05, 0.1) is 5.02 Å². The van der Waals surface area contributed by atoms with E-state index in [9.17, 15) is 4.79 Å². The lowest BCUT2D eigenvalue weighted by molar-refractivity contribution is 0.0952. The zero-order chi connectivity index (χ0) is 14.1. The Morgan fingerprint density at radius 2 is 2.20 bits per heavy atom. The Morgan fingerprint density at radius 3 is 2.90 bits per heavy atom. The van der Waals surface area contributed by atoms with Gasteiger partial charge in [0, 0.05) is 24.7 Å². The van der Waals surface area contributed by atoms with Crippen LogP contribution >= 0.6 is 27.5 Å². The molecule has 0 atom stereocenters. The van der Waals surface area contributed by atoms with Crippen LogP contribution in [0, 0.1) is 0 Å². The molecule has 0 saturated heterocycles. The van der Waals surface area contributed by atoms with Gasteiger partial charge in [-0.05, 0) is 28.1 Å². The maximum absolute atomic E-state index is 12.4. The van der Waals surface area contributed by atoms with Gasteiger partial charge in [0.1, 0.15) is 16.6 Å². The third-order valence-corrected chi connectivity index (χ3v) is 3.26. The van der Waals surface area contributed by atoms with Crippen LogP contribution in [0.25, 0.3) is 5.82 Å². The molecule has 0 aliphatic heterocycles.